The van der Waals surface area contributed by atoms with E-state index in [-0.39, 0.29) is 10.2 Å². The number of nitrogens with one attached hydrogen (secondary N) is 2. The van der Waals surface area contributed by atoms with Gasteiger partial charge in [-0.2, -0.15) is 0 Å². The second-order valence-electron chi connectivity index (χ2n) is 5.11. The highest BCUT2D eigenvalue weighted by Crippen LogP contribution is 2.31. The van der Waals surface area contributed by atoms with Crippen LogP contribution in [0.3, 0.4) is 0 Å². The molecule has 2 aromatic rings. The Kier molecular flexibility index (Phi) is 5.88. The summed E-state index contributed by atoms with van der Waals surface area (Å²) in [6.45, 7) is 6.87. The van der Waals surface area contributed by atoms with Gasteiger partial charge in [-0.3, -0.25) is 0 Å². The second-order valence-corrected chi connectivity index (χ2v) is 9.02. The smallest absolute Gasteiger partial charge is 0.308 e. The third kappa shape index (κ3) is 5.25. The van der Waals surface area contributed by atoms with Gasteiger partial charge in [0, 0.05) is 10.2 Å². The molecule has 0 aliphatic rings. The zero-order chi connectivity index (χ0) is 20.4. The van der Waals surface area contributed by atoms with Gasteiger partial charge in [-0.1, -0.05) is 12.1 Å². The van der Waals surface area contributed by atoms with E-state index in [4.69, 9.17) is 16.9 Å². The van der Waals surface area contributed by atoms with Crippen molar-refractivity contribution < 1.29 is 21.6 Å². The summed E-state index contributed by atoms with van der Waals surface area (Å²) in [5.74, 6) is 0. The predicted molar refractivity (Wildman–Crippen MR) is 102 cm³/mol. The van der Waals surface area contributed by atoms with E-state index in [1.54, 1.807) is 0 Å². The van der Waals surface area contributed by atoms with Crippen LogP contribution in [0, 0.1) is 6.57 Å². The molecule has 0 heterocycles. The lowest BCUT2D eigenvalue weighted by Crippen LogP contribution is -2.23. The van der Waals surface area contributed by atoms with Crippen molar-refractivity contribution >= 4 is 59.1 Å². The standard InChI is InChI=1S/C14H12BrN5O5S2/c1-18-8-2-4-9(5-3-8)19-14(21)20-11-6-10(15)12(26(16,22)23)7-13(11)27(17,24)25/h2-7H,(H2,16,22,23)(H2,17,24,25)(H2,19,20,21). The summed E-state index contributed by atoms with van der Waals surface area (Å²) >= 11 is 2.96. The summed E-state index contributed by atoms with van der Waals surface area (Å²) in [6.07, 6.45) is 0. The fraction of sp³-hybridized carbons (Fsp3) is 0. The Morgan fingerprint density at radius 3 is 2.00 bits per heavy atom. The van der Waals surface area contributed by atoms with Crippen molar-refractivity contribution in [2.45, 2.75) is 9.79 Å². The Morgan fingerprint density at radius 1 is 0.963 bits per heavy atom. The molecule has 0 unspecified atom stereocenters. The average Bonchev–Trinajstić information content (AvgIpc) is 2.53. The van der Waals surface area contributed by atoms with Crippen molar-refractivity contribution in [3.8, 4) is 0 Å². The molecule has 10 nitrogen and oxygen atoms in total. The van der Waals surface area contributed by atoms with E-state index in [1.165, 1.54) is 24.3 Å². The molecule has 2 aromatic carbocycles. The maximum Gasteiger partial charge on any atom is 0.323 e. The number of nitrogens with zero attached hydrogens (tertiary/aromatic N) is 1. The topological polar surface area (TPSA) is 166 Å². The van der Waals surface area contributed by atoms with E-state index in [2.05, 4.69) is 31.4 Å². The van der Waals surface area contributed by atoms with Gasteiger partial charge in [0.25, 0.3) is 0 Å². The summed E-state index contributed by atoms with van der Waals surface area (Å²) in [7, 11) is -8.61. The van der Waals surface area contributed by atoms with Gasteiger partial charge in [0.15, 0.2) is 5.69 Å². The molecule has 0 fully saturated rings. The molecule has 0 aliphatic carbocycles. The second kappa shape index (κ2) is 7.62. The maximum atomic E-state index is 12.1. The highest BCUT2D eigenvalue weighted by atomic mass is 79.9. The first-order valence-corrected chi connectivity index (χ1v) is 10.7. The van der Waals surface area contributed by atoms with Gasteiger partial charge in [-0.25, -0.2) is 36.8 Å². The van der Waals surface area contributed by atoms with Crippen LogP contribution in [-0.4, -0.2) is 22.9 Å². The van der Waals surface area contributed by atoms with Crippen LogP contribution in [0.25, 0.3) is 4.85 Å². The highest BCUT2D eigenvalue weighted by Gasteiger charge is 2.23. The van der Waals surface area contributed by atoms with Crippen molar-refractivity contribution in [3.63, 3.8) is 0 Å². The highest BCUT2D eigenvalue weighted by molar-refractivity contribution is 9.10. The summed E-state index contributed by atoms with van der Waals surface area (Å²) in [4.78, 5) is 14.2. The Bertz CT molecular complexity index is 1160. The van der Waals surface area contributed by atoms with Gasteiger partial charge in [0.2, 0.25) is 20.0 Å². The first-order valence-electron chi connectivity index (χ1n) is 6.86. The lowest BCUT2D eigenvalue weighted by Gasteiger charge is -2.13. The number of carbonyl (C=O) groups excluding carboxylic acids is 1. The molecule has 0 saturated heterocycles. The van der Waals surface area contributed by atoms with Crippen LogP contribution in [0.1, 0.15) is 0 Å². The van der Waals surface area contributed by atoms with Crippen molar-refractivity contribution in [3.05, 3.63) is 52.3 Å². The lowest BCUT2D eigenvalue weighted by molar-refractivity contribution is 0.262. The number of nitrogens with two attached hydrogens (primary N) is 2. The van der Waals surface area contributed by atoms with Crippen molar-refractivity contribution in [2.75, 3.05) is 10.6 Å². The van der Waals surface area contributed by atoms with Gasteiger partial charge >= 0.3 is 6.03 Å². The third-order valence-electron chi connectivity index (χ3n) is 3.15. The predicted octanol–water partition coefficient (Wildman–Crippen LogP) is 1.94. The van der Waals surface area contributed by atoms with Gasteiger partial charge in [-0.15, -0.1) is 0 Å². The van der Waals surface area contributed by atoms with Gasteiger partial charge in [0.1, 0.15) is 4.90 Å². The first kappa shape index (κ1) is 20.8. The van der Waals surface area contributed by atoms with Gasteiger partial charge < -0.3 is 10.6 Å². The van der Waals surface area contributed by atoms with Crippen LogP contribution in [0.4, 0.5) is 21.9 Å². The summed E-state index contributed by atoms with van der Waals surface area (Å²) < 4.78 is 46.6. The number of hydrogen-bond acceptors (Lipinski definition) is 5. The fourth-order valence-corrected chi connectivity index (χ4v) is 4.40. The minimum atomic E-state index is -4.38. The Hall–Kier alpha value is -2.50. The molecular formula is C14H12BrN5O5S2. The Labute approximate surface area is 163 Å². The molecule has 6 N–H and O–H groups in total. The Balaban J connectivity index is 2.38. The number of amides is 2. The SMILES string of the molecule is [C-]#[N+]c1ccc(NC(=O)Nc2cc(Br)c(S(N)(=O)=O)cc2S(N)(=O)=O)cc1. The lowest BCUT2D eigenvalue weighted by atomic mass is 10.3. The van der Waals surface area contributed by atoms with Gasteiger partial charge in [-0.05, 0) is 40.2 Å². The Morgan fingerprint density at radius 2 is 1.52 bits per heavy atom. The molecule has 0 aromatic heterocycles. The zero-order valence-corrected chi connectivity index (χ0v) is 16.5. The number of carbonyl (C=O) groups is 1. The zero-order valence-electron chi connectivity index (χ0n) is 13.3. The van der Waals surface area contributed by atoms with Crippen LogP contribution < -0.4 is 20.9 Å². The number of sulfonamides is 2. The van der Waals surface area contributed by atoms with E-state index in [0.717, 1.165) is 12.1 Å². The molecule has 0 radical (unpaired) electrons. The molecule has 13 heteroatoms. The molecule has 0 spiro atoms. The molecular weight excluding hydrogens is 462 g/mol. The third-order valence-corrected chi connectivity index (χ3v) is 5.97. The van der Waals surface area contributed by atoms with Crippen molar-refractivity contribution in [2.24, 2.45) is 10.3 Å². The maximum absolute atomic E-state index is 12.1. The fourth-order valence-electron chi connectivity index (χ4n) is 1.99. The molecule has 2 amide bonds. The molecule has 0 bridgehead atoms. The monoisotopic (exact) mass is 473 g/mol. The molecule has 27 heavy (non-hydrogen) atoms. The molecule has 2 rings (SSSR count). The van der Waals surface area contributed by atoms with Crippen LogP contribution in [0.15, 0.2) is 50.7 Å². The van der Waals surface area contributed by atoms with E-state index in [1.807, 2.05) is 0 Å². The van der Waals surface area contributed by atoms with Crippen LogP contribution in [-0.2, 0) is 20.0 Å². The van der Waals surface area contributed by atoms with Gasteiger partial charge in [0.05, 0.1) is 17.2 Å². The first-order chi connectivity index (χ1) is 12.4. The van der Waals surface area contributed by atoms with Crippen LogP contribution in [0.5, 0.6) is 0 Å². The van der Waals surface area contributed by atoms with E-state index < -0.39 is 35.9 Å². The molecule has 0 aliphatic heterocycles. The number of benzene rings is 2. The van der Waals surface area contributed by atoms with Crippen LogP contribution in [0.2, 0.25) is 0 Å². The molecule has 0 saturated carbocycles. The number of hydrogen-bond donors (Lipinski definition) is 4. The van der Waals surface area contributed by atoms with E-state index in [9.17, 15) is 21.6 Å². The number of rotatable bonds is 4. The summed E-state index contributed by atoms with van der Waals surface area (Å²) in [5.41, 5.74) is 0.462. The normalized spacial score (nSPS) is 11.5. The minimum Gasteiger partial charge on any atom is -0.308 e. The number of anilines is 2. The largest absolute Gasteiger partial charge is 0.323 e. The summed E-state index contributed by atoms with van der Waals surface area (Å²) in [6, 6.07) is 6.91. The molecule has 142 valence electrons. The number of urea groups is 1. The van der Waals surface area contributed by atoms with Crippen molar-refractivity contribution in [1.29, 1.82) is 0 Å². The number of halogens is 1. The van der Waals surface area contributed by atoms with E-state index in [0.29, 0.717) is 11.4 Å². The van der Waals surface area contributed by atoms with Crippen molar-refractivity contribution in [1.82, 2.24) is 0 Å². The quantitative estimate of drug-likeness (QED) is 0.497. The molecule has 0 atom stereocenters. The number of primary sulfonamides is 2. The average molecular weight is 474 g/mol. The van der Waals surface area contributed by atoms with Crippen LogP contribution >= 0.6 is 15.9 Å². The van der Waals surface area contributed by atoms with E-state index >= 15 is 0 Å². The minimum absolute atomic E-state index is 0.0610. The summed E-state index contributed by atoms with van der Waals surface area (Å²) in [5, 5.41) is 14.9.